The fourth-order valence-corrected chi connectivity index (χ4v) is 2.76. The van der Waals surface area contributed by atoms with Crippen LogP contribution in [-0.2, 0) is 9.59 Å². The molecule has 0 fully saturated rings. The molecule has 1 rings (SSSR count). The lowest BCUT2D eigenvalue weighted by molar-refractivity contribution is -0.137. The Bertz CT molecular complexity index is 573. The maximum Gasteiger partial charge on any atom is 0.311 e. The SMILES string of the molecule is CCCCCCCC(=O)Oc1c(OC(=O)CCCCCCC)c(O)n(O)c1O. The van der Waals surface area contributed by atoms with Gasteiger partial charge in [-0.05, 0) is 12.8 Å². The van der Waals surface area contributed by atoms with Gasteiger partial charge in [0.05, 0.1) is 0 Å². The summed E-state index contributed by atoms with van der Waals surface area (Å²) in [6.45, 7) is 4.19. The van der Waals surface area contributed by atoms with E-state index in [1.807, 2.05) is 0 Å². The minimum atomic E-state index is -0.900. The number of aromatic hydroxyl groups is 2. The van der Waals surface area contributed by atoms with Crippen molar-refractivity contribution < 1.29 is 34.5 Å². The first-order valence-corrected chi connectivity index (χ1v) is 10.2. The Labute approximate surface area is 166 Å². The molecule has 0 bridgehead atoms. The number of unbranched alkanes of at least 4 members (excludes halogenated alkanes) is 8. The molecule has 0 spiro atoms. The van der Waals surface area contributed by atoms with Crippen molar-refractivity contribution >= 4 is 11.9 Å². The summed E-state index contributed by atoms with van der Waals surface area (Å²) in [7, 11) is 0. The summed E-state index contributed by atoms with van der Waals surface area (Å²) in [4.78, 5) is 24.0. The van der Waals surface area contributed by atoms with E-state index in [4.69, 9.17) is 9.47 Å². The molecular formula is C20H33NO7. The molecule has 8 heteroatoms. The third kappa shape index (κ3) is 7.70. The summed E-state index contributed by atoms with van der Waals surface area (Å²) in [5.41, 5.74) is 0. The van der Waals surface area contributed by atoms with E-state index in [1.54, 1.807) is 0 Å². The summed E-state index contributed by atoms with van der Waals surface area (Å²) in [5.74, 6) is -4.20. The maximum atomic E-state index is 12.0. The number of ether oxygens (including phenoxy) is 2. The van der Waals surface area contributed by atoms with Gasteiger partial charge in [-0.25, -0.2) is 0 Å². The van der Waals surface area contributed by atoms with Crippen LogP contribution in [0.3, 0.4) is 0 Å². The van der Waals surface area contributed by atoms with Crippen LogP contribution in [-0.4, -0.2) is 32.1 Å². The van der Waals surface area contributed by atoms with Gasteiger partial charge in [-0.15, -0.1) is 4.73 Å². The number of hydrogen-bond acceptors (Lipinski definition) is 7. The summed E-state index contributed by atoms with van der Waals surface area (Å²) in [6, 6.07) is 0. The molecule has 1 heterocycles. The number of hydrogen-bond donors (Lipinski definition) is 3. The second-order valence-electron chi connectivity index (χ2n) is 6.89. The molecule has 160 valence electrons. The molecule has 0 radical (unpaired) electrons. The minimum Gasteiger partial charge on any atom is -0.490 e. The van der Waals surface area contributed by atoms with Gasteiger partial charge in [-0.2, -0.15) is 0 Å². The average Bonchev–Trinajstić information content (AvgIpc) is 2.86. The fraction of sp³-hybridized carbons (Fsp3) is 0.700. The van der Waals surface area contributed by atoms with E-state index in [2.05, 4.69) is 13.8 Å². The smallest absolute Gasteiger partial charge is 0.311 e. The molecule has 0 aliphatic rings. The first-order valence-electron chi connectivity index (χ1n) is 10.2. The molecular weight excluding hydrogens is 366 g/mol. The zero-order chi connectivity index (χ0) is 20.9. The van der Waals surface area contributed by atoms with Crippen molar-refractivity contribution in [2.24, 2.45) is 0 Å². The summed E-state index contributed by atoms with van der Waals surface area (Å²) in [6.07, 6.45) is 9.64. The number of rotatable bonds is 14. The average molecular weight is 399 g/mol. The molecule has 1 aromatic heterocycles. The van der Waals surface area contributed by atoms with Crippen LogP contribution in [0, 0.1) is 0 Å². The topological polar surface area (TPSA) is 118 Å². The predicted molar refractivity (Wildman–Crippen MR) is 103 cm³/mol. The zero-order valence-electron chi connectivity index (χ0n) is 16.9. The summed E-state index contributed by atoms with van der Waals surface area (Å²) >= 11 is 0. The van der Waals surface area contributed by atoms with Crippen LogP contribution in [0.4, 0.5) is 0 Å². The highest BCUT2D eigenvalue weighted by Crippen LogP contribution is 2.46. The van der Waals surface area contributed by atoms with Crippen LogP contribution in [0.5, 0.6) is 23.3 Å². The van der Waals surface area contributed by atoms with Crippen LogP contribution in [0.25, 0.3) is 0 Å². The van der Waals surface area contributed by atoms with Crippen molar-refractivity contribution in [2.45, 2.75) is 90.9 Å². The zero-order valence-corrected chi connectivity index (χ0v) is 16.9. The Morgan fingerprint density at radius 3 is 1.43 bits per heavy atom. The number of carbonyl (C=O) groups is 2. The highest BCUT2D eigenvalue weighted by Gasteiger charge is 2.29. The molecule has 0 aliphatic carbocycles. The third-order valence-corrected chi connectivity index (χ3v) is 4.41. The number of carbonyl (C=O) groups excluding carboxylic acids is 2. The Kier molecular flexibility index (Phi) is 10.9. The van der Waals surface area contributed by atoms with Gasteiger partial charge in [0.15, 0.2) is 0 Å². The maximum absolute atomic E-state index is 12.0. The summed E-state index contributed by atoms with van der Waals surface area (Å²) in [5, 5.41) is 29.3. The van der Waals surface area contributed by atoms with E-state index < -0.39 is 35.2 Å². The second-order valence-corrected chi connectivity index (χ2v) is 6.89. The Balaban J connectivity index is 2.63. The standard InChI is InChI=1S/C20H33NO7/c1-3-5-7-9-11-13-15(22)27-17-18(20(25)21(26)19(17)24)28-16(23)14-12-10-8-6-4-2/h24-26H,3-14H2,1-2H3. The van der Waals surface area contributed by atoms with Gasteiger partial charge in [0.25, 0.3) is 11.8 Å². The molecule has 0 amide bonds. The van der Waals surface area contributed by atoms with Crippen molar-refractivity contribution in [3.63, 3.8) is 0 Å². The molecule has 0 saturated carbocycles. The first kappa shape index (κ1) is 23.7. The van der Waals surface area contributed by atoms with Gasteiger partial charge in [-0.1, -0.05) is 65.2 Å². The molecule has 0 saturated heterocycles. The lowest BCUT2D eigenvalue weighted by Crippen LogP contribution is -2.11. The molecule has 0 unspecified atom stereocenters. The predicted octanol–water partition coefficient (Wildman–Crippen LogP) is 4.67. The van der Waals surface area contributed by atoms with Gasteiger partial charge in [0.2, 0.25) is 11.5 Å². The third-order valence-electron chi connectivity index (χ3n) is 4.41. The molecule has 8 nitrogen and oxygen atoms in total. The monoisotopic (exact) mass is 399 g/mol. The van der Waals surface area contributed by atoms with Gasteiger partial charge >= 0.3 is 11.9 Å². The van der Waals surface area contributed by atoms with Crippen LogP contribution in [0.1, 0.15) is 90.9 Å². The van der Waals surface area contributed by atoms with E-state index >= 15 is 0 Å². The van der Waals surface area contributed by atoms with Crippen molar-refractivity contribution in [1.82, 2.24) is 4.73 Å². The van der Waals surface area contributed by atoms with Crippen molar-refractivity contribution in [3.8, 4) is 23.3 Å². The van der Waals surface area contributed by atoms with Gasteiger partial charge in [-0.3, -0.25) is 9.59 Å². The lowest BCUT2D eigenvalue weighted by Gasteiger charge is -2.07. The van der Waals surface area contributed by atoms with Crippen molar-refractivity contribution in [2.75, 3.05) is 0 Å². The first-order chi connectivity index (χ1) is 13.4. The number of esters is 2. The normalized spacial score (nSPS) is 10.8. The highest BCUT2D eigenvalue weighted by molar-refractivity contribution is 5.78. The van der Waals surface area contributed by atoms with E-state index in [-0.39, 0.29) is 17.6 Å². The van der Waals surface area contributed by atoms with E-state index in [0.29, 0.717) is 12.8 Å². The Hall–Kier alpha value is -2.38. The number of aromatic nitrogens is 1. The molecule has 0 aromatic carbocycles. The molecule has 3 N–H and O–H groups in total. The quantitative estimate of drug-likeness (QED) is 0.236. The molecule has 0 aliphatic heterocycles. The fourth-order valence-electron chi connectivity index (χ4n) is 2.76. The number of nitrogens with zero attached hydrogens (tertiary/aromatic N) is 1. The van der Waals surface area contributed by atoms with Crippen molar-refractivity contribution in [1.29, 1.82) is 0 Å². The van der Waals surface area contributed by atoms with Crippen molar-refractivity contribution in [3.05, 3.63) is 0 Å². The van der Waals surface area contributed by atoms with Gasteiger partial charge < -0.3 is 24.9 Å². The van der Waals surface area contributed by atoms with Crippen LogP contribution in [0.2, 0.25) is 0 Å². The lowest BCUT2D eigenvalue weighted by atomic mass is 10.1. The summed E-state index contributed by atoms with van der Waals surface area (Å²) < 4.78 is 10.1. The van der Waals surface area contributed by atoms with Crippen LogP contribution >= 0.6 is 0 Å². The molecule has 28 heavy (non-hydrogen) atoms. The molecule has 1 aromatic rings. The Morgan fingerprint density at radius 2 is 1.07 bits per heavy atom. The Morgan fingerprint density at radius 1 is 0.714 bits per heavy atom. The largest absolute Gasteiger partial charge is 0.490 e. The minimum absolute atomic E-state index is 0.00766. The van der Waals surface area contributed by atoms with Gasteiger partial charge in [0.1, 0.15) is 0 Å². The van der Waals surface area contributed by atoms with E-state index in [9.17, 15) is 25.0 Å². The highest BCUT2D eigenvalue weighted by atomic mass is 16.6. The molecule has 0 atom stereocenters. The van der Waals surface area contributed by atoms with Gasteiger partial charge in [0, 0.05) is 12.8 Å². The van der Waals surface area contributed by atoms with E-state index in [0.717, 1.165) is 51.4 Å². The van der Waals surface area contributed by atoms with E-state index in [1.165, 1.54) is 0 Å². The second kappa shape index (κ2) is 12.9. The van der Waals surface area contributed by atoms with Crippen LogP contribution < -0.4 is 9.47 Å². The van der Waals surface area contributed by atoms with Crippen LogP contribution in [0.15, 0.2) is 0 Å².